The van der Waals surface area contributed by atoms with Crippen LogP contribution in [0.4, 0.5) is 25.4 Å². The Bertz CT molecular complexity index is 1290. The molecule has 0 saturated heterocycles. The molecule has 1 aliphatic carbocycles. The van der Waals surface area contributed by atoms with Gasteiger partial charge in [-0.05, 0) is 31.9 Å². The average molecular weight is 505 g/mol. The van der Waals surface area contributed by atoms with Crippen molar-refractivity contribution >= 4 is 45.6 Å². The third-order valence-electron chi connectivity index (χ3n) is 5.69. The standard InChI is InChI=1S/C22H22F2N6O4S/c1-10(20(26)32)30(12-6-7-13(23)14(24)8-12)22-28-19(25)18(35-22)17(31)16-9-15(29-34-16)21(33)27-11-4-2-3-5-11/h6-11H,2-5,25H2,1H3,(H2,26,32)(H,27,33). The van der Waals surface area contributed by atoms with Gasteiger partial charge in [-0.2, -0.15) is 0 Å². The number of nitrogens with two attached hydrogens (primary N) is 2. The number of nitrogen functional groups attached to an aromatic ring is 1. The number of ketones is 1. The minimum absolute atomic E-state index is 0.0434. The second-order valence-corrected chi connectivity index (χ2v) is 9.10. The van der Waals surface area contributed by atoms with Crippen LogP contribution in [0.25, 0.3) is 0 Å². The molecule has 1 atom stereocenters. The zero-order valence-corrected chi connectivity index (χ0v) is 19.4. The fourth-order valence-electron chi connectivity index (χ4n) is 3.78. The van der Waals surface area contributed by atoms with Gasteiger partial charge in [0.25, 0.3) is 5.91 Å². The first kappa shape index (κ1) is 24.3. The molecule has 1 aliphatic rings. The van der Waals surface area contributed by atoms with Crippen molar-refractivity contribution < 1.29 is 27.7 Å². The van der Waals surface area contributed by atoms with Crippen LogP contribution in [0.1, 0.15) is 58.5 Å². The second kappa shape index (κ2) is 9.78. The van der Waals surface area contributed by atoms with E-state index >= 15 is 0 Å². The Morgan fingerprint density at radius 1 is 1.20 bits per heavy atom. The summed E-state index contributed by atoms with van der Waals surface area (Å²) in [4.78, 5) is 42.7. The highest BCUT2D eigenvalue weighted by atomic mass is 32.1. The Hall–Kier alpha value is -3.87. The molecule has 0 radical (unpaired) electrons. The maximum Gasteiger partial charge on any atom is 0.273 e. The quantitative estimate of drug-likeness (QED) is 0.395. The number of primary amides is 1. The molecule has 2 amide bonds. The van der Waals surface area contributed by atoms with Crippen molar-refractivity contribution in [3.63, 3.8) is 0 Å². The van der Waals surface area contributed by atoms with Crippen LogP contribution in [0.5, 0.6) is 0 Å². The highest BCUT2D eigenvalue weighted by molar-refractivity contribution is 7.18. The van der Waals surface area contributed by atoms with Crippen molar-refractivity contribution in [1.29, 1.82) is 0 Å². The summed E-state index contributed by atoms with van der Waals surface area (Å²) in [5.74, 6) is -4.54. The summed E-state index contributed by atoms with van der Waals surface area (Å²) in [5, 5.41) is 6.58. The fraction of sp³-hybridized carbons (Fsp3) is 0.318. The number of nitrogens with zero attached hydrogens (tertiary/aromatic N) is 3. The first-order chi connectivity index (χ1) is 16.7. The number of carbonyl (C=O) groups is 3. The molecule has 0 bridgehead atoms. The van der Waals surface area contributed by atoms with Crippen LogP contribution in [0, 0.1) is 11.6 Å². The Labute approximate surface area is 202 Å². The van der Waals surface area contributed by atoms with Gasteiger partial charge < -0.3 is 26.2 Å². The number of amides is 2. The SMILES string of the molecule is CC(C(N)=O)N(c1ccc(F)c(F)c1)c1nc(N)c(C(=O)c2cc(C(=O)NC3CCCC3)no2)s1. The van der Waals surface area contributed by atoms with Gasteiger partial charge in [0, 0.05) is 23.9 Å². The number of hydrogen-bond donors (Lipinski definition) is 3. The van der Waals surface area contributed by atoms with E-state index in [1.54, 1.807) is 0 Å². The first-order valence-electron chi connectivity index (χ1n) is 10.8. The summed E-state index contributed by atoms with van der Waals surface area (Å²) in [6.45, 7) is 1.44. The van der Waals surface area contributed by atoms with Crippen LogP contribution in [-0.4, -0.2) is 39.8 Å². The first-order valence-corrected chi connectivity index (χ1v) is 11.6. The van der Waals surface area contributed by atoms with Gasteiger partial charge in [-0.25, -0.2) is 13.8 Å². The van der Waals surface area contributed by atoms with E-state index in [0.717, 1.165) is 49.2 Å². The van der Waals surface area contributed by atoms with Gasteiger partial charge in [0.15, 0.2) is 22.5 Å². The Morgan fingerprint density at radius 2 is 1.91 bits per heavy atom. The summed E-state index contributed by atoms with van der Waals surface area (Å²) in [5.41, 5.74) is 11.4. The molecule has 5 N–H and O–H groups in total. The number of nitrogens with one attached hydrogen (secondary N) is 1. The van der Waals surface area contributed by atoms with E-state index in [0.29, 0.717) is 0 Å². The summed E-state index contributed by atoms with van der Waals surface area (Å²) < 4.78 is 32.4. The average Bonchev–Trinajstić information content (AvgIpc) is 3.57. The molecule has 1 saturated carbocycles. The predicted octanol–water partition coefficient (Wildman–Crippen LogP) is 2.91. The van der Waals surface area contributed by atoms with E-state index in [9.17, 15) is 23.2 Å². The molecule has 2 aromatic heterocycles. The molecule has 13 heteroatoms. The van der Waals surface area contributed by atoms with Crippen LogP contribution >= 0.6 is 11.3 Å². The van der Waals surface area contributed by atoms with Gasteiger partial charge in [0.05, 0.1) is 0 Å². The maximum atomic E-state index is 13.9. The number of benzene rings is 1. The number of rotatable bonds is 8. The maximum absolute atomic E-state index is 13.9. The molecule has 184 valence electrons. The predicted molar refractivity (Wildman–Crippen MR) is 123 cm³/mol. The molecule has 0 aliphatic heterocycles. The molecular weight excluding hydrogens is 482 g/mol. The van der Waals surface area contributed by atoms with E-state index in [1.807, 2.05) is 0 Å². The molecule has 1 aromatic carbocycles. The highest BCUT2D eigenvalue weighted by Crippen LogP contribution is 2.36. The minimum Gasteiger partial charge on any atom is -0.382 e. The Kier molecular flexibility index (Phi) is 6.78. The van der Waals surface area contributed by atoms with Crippen LogP contribution in [0.2, 0.25) is 0 Å². The largest absolute Gasteiger partial charge is 0.382 e. The van der Waals surface area contributed by atoms with Gasteiger partial charge in [-0.15, -0.1) is 0 Å². The van der Waals surface area contributed by atoms with Gasteiger partial charge >= 0.3 is 0 Å². The normalized spacial score (nSPS) is 14.6. The fourth-order valence-corrected chi connectivity index (χ4v) is 4.81. The van der Waals surface area contributed by atoms with E-state index in [2.05, 4.69) is 15.5 Å². The number of halogens is 2. The van der Waals surface area contributed by atoms with Crippen molar-refractivity contribution in [3.05, 3.63) is 52.2 Å². The number of aromatic nitrogens is 2. The van der Waals surface area contributed by atoms with E-state index in [1.165, 1.54) is 24.0 Å². The minimum atomic E-state index is -1.14. The van der Waals surface area contributed by atoms with Crippen molar-refractivity contribution in [2.75, 3.05) is 10.6 Å². The topological polar surface area (TPSA) is 157 Å². The number of carbonyl (C=O) groups excluding carboxylic acids is 3. The molecule has 0 spiro atoms. The number of anilines is 3. The summed E-state index contributed by atoms with van der Waals surface area (Å²) in [6.07, 6.45) is 3.84. The zero-order valence-electron chi connectivity index (χ0n) is 18.6. The van der Waals surface area contributed by atoms with Gasteiger partial charge in [0.1, 0.15) is 16.7 Å². The molecule has 4 rings (SSSR count). The van der Waals surface area contributed by atoms with Crippen molar-refractivity contribution in [1.82, 2.24) is 15.5 Å². The lowest BCUT2D eigenvalue weighted by molar-refractivity contribution is -0.118. The lowest BCUT2D eigenvalue weighted by Gasteiger charge is -2.26. The van der Waals surface area contributed by atoms with Crippen LogP contribution in [0.15, 0.2) is 28.8 Å². The smallest absolute Gasteiger partial charge is 0.273 e. The lowest BCUT2D eigenvalue weighted by Crippen LogP contribution is -2.40. The lowest BCUT2D eigenvalue weighted by atomic mass is 10.2. The number of hydrogen-bond acceptors (Lipinski definition) is 9. The third-order valence-corrected chi connectivity index (χ3v) is 6.76. The van der Waals surface area contributed by atoms with Crippen molar-refractivity contribution in [2.45, 2.75) is 44.7 Å². The van der Waals surface area contributed by atoms with Gasteiger partial charge in [-0.3, -0.25) is 14.4 Å². The molecule has 1 unspecified atom stereocenters. The van der Waals surface area contributed by atoms with Crippen molar-refractivity contribution in [2.24, 2.45) is 5.73 Å². The van der Waals surface area contributed by atoms with Gasteiger partial charge in [-0.1, -0.05) is 29.3 Å². The van der Waals surface area contributed by atoms with E-state index in [4.69, 9.17) is 16.0 Å². The highest BCUT2D eigenvalue weighted by Gasteiger charge is 2.30. The Balaban J connectivity index is 1.61. The van der Waals surface area contributed by atoms with Crippen LogP contribution in [-0.2, 0) is 4.79 Å². The molecule has 2 heterocycles. The zero-order chi connectivity index (χ0) is 25.3. The molecule has 10 nitrogen and oxygen atoms in total. The summed E-state index contributed by atoms with van der Waals surface area (Å²) in [6, 6.07) is 3.24. The third kappa shape index (κ3) is 4.99. The number of thiazole rings is 1. The van der Waals surface area contributed by atoms with E-state index in [-0.39, 0.29) is 39.0 Å². The van der Waals surface area contributed by atoms with Crippen molar-refractivity contribution in [3.8, 4) is 0 Å². The molecule has 3 aromatic rings. The summed E-state index contributed by atoms with van der Waals surface area (Å²) >= 11 is 0.793. The molecular formula is C22H22F2N6O4S. The van der Waals surface area contributed by atoms with Gasteiger partial charge in [0.2, 0.25) is 17.5 Å². The summed E-state index contributed by atoms with van der Waals surface area (Å²) in [7, 11) is 0. The molecule has 35 heavy (non-hydrogen) atoms. The second-order valence-electron chi connectivity index (χ2n) is 8.12. The Morgan fingerprint density at radius 3 is 2.57 bits per heavy atom. The van der Waals surface area contributed by atoms with Crippen LogP contribution < -0.4 is 21.7 Å². The van der Waals surface area contributed by atoms with E-state index < -0.39 is 35.3 Å². The molecule has 1 fully saturated rings. The van der Waals surface area contributed by atoms with Crippen LogP contribution in [0.3, 0.4) is 0 Å². The monoisotopic (exact) mass is 504 g/mol.